The van der Waals surface area contributed by atoms with Crippen molar-refractivity contribution in [2.24, 2.45) is 0 Å². The van der Waals surface area contributed by atoms with Crippen LogP contribution in [0.25, 0.3) is 11.5 Å². The molecule has 6 nitrogen and oxygen atoms in total. The molecule has 0 spiro atoms. The van der Waals surface area contributed by atoms with Gasteiger partial charge in [0.2, 0.25) is 5.82 Å². The van der Waals surface area contributed by atoms with Crippen molar-refractivity contribution in [2.45, 2.75) is 39.2 Å². The van der Waals surface area contributed by atoms with Gasteiger partial charge < -0.3 is 19.5 Å². The smallest absolute Gasteiger partial charge is 0.258 e. The van der Waals surface area contributed by atoms with Crippen LogP contribution in [0.1, 0.15) is 39.4 Å². The first-order valence-electron chi connectivity index (χ1n) is 7.06. The van der Waals surface area contributed by atoms with Crippen LogP contribution in [-0.2, 0) is 10.3 Å². The molecule has 0 unspecified atom stereocenters. The van der Waals surface area contributed by atoms with Gasteiger partial charge in [-0.25, -0.2) is 0 Å². The first kappa shape index (κ1) is 15.3. The van der Waals surface area contributed by atoms with Crippen molar-refractivity contribution in [3.63, 3.8) is 0 Å². The molecule has 0 aliphatic rings. The maximum atomic E-state index is 9.52. The van der Waals surface area contributed by atoms with Gasteiger partial charge in [0.15, 0.2) is 0 Å². The van der Waals surface area contributed by atoms with Crippen molar-refractivity contribution in [1.82, 2.24) is 10.1 Å². The summed E-state index contributed by atoms with van der Waals surface area (Å²) in [5.74, 6) is 0.591. The molecule has 0 aliphatic heterocycles. The highest BCUT2D eigenvalue weighted by atomic mass is 16.5. The predicted octanol–water partition coefficient (Wildman–Crippen LogP) is 3.20. The molecule has 1 aromatic heterocycles. The first-order chi connectivity index (χ1) is 10.0. The van der Waals surface area contributed by atoms with Gasteiger partial charge in [0.05, 0.1) is 0 Å². The lowest BCUT2D eigenvalue weighted by Crippen LogP contribution is -2.29. The van der Waals surface area contributed by atoms with Crippen molar-refractivity contribution in [1.29, 1.82) is 0 Å². The van der Waals surface area contributed by atoms with Crippen LogP contribution in [-0.4, -0.2) is 27.0 Å². The fourth-order valence-corrected chi connectivity index (χ4v) is 2.36. The minimum atomic E-state index is -0.574. The highest BCUT2D eigenvalue weighted by Crippen LogP contribution is 2.33. The summed E-state index contributed by atoms with van der Waals surface area (Å²) in [7, 11) is 0. The Morgan fingerprint density at radius 3 is 2.24 bits per heavy atom. The lowest BCUT2D eigenvalue weighted by atomic mass is 9.96. The zero-order valence-corrected chi connectivity index (χ0v) is 12.5. The summed E-state index contributed by atoms with van der Waals surface area (Å²) in [5, 5.41) is 23.1. The molecule has 0 atom stereocenters. The van der Waals surface area contributed by atoms with Crippen LogP contribution in [0.2, 0.25) is 0 Å². The topological polar surface area (TPSA) is 88.6 Å². The summed E-state index contributed by atoms with van der Waals surface area (Å²) in [6.07, 6.45) is 1.45. The van der Waals surface area contributed by atoms with Gasteiger partial charge in [-0.15, -0.1) is 0 Å². The molecule has 2 aromatic rings. The lowest BCUT2D eigenvalue weighted by Gasteiger charge is -2.27. The van der Waals surface area contributed by atoms with Gasteiger partial charge >= 0.3 is 0 Å². The number of aromatic hydroxyl groups is 2. The minimum Gasteiger partial charge on any atom is -0.508 e. The fraction of sp³-hybridized carbons (Fsp3) is 0.467. The Morgan fingerprint density at radius 1 is 1.10 bits per heavy atom. The van der Waals surface area contributed by atoms with E-state index >= 15 is 0 Å². The summed E-state index contributed by atoms with van der Waals surface area (Å²) in [6.45, 7) is 6.50. The molecule has 0 fully saturated rings. The van der Waals surface area contributed by atoms with Crippen molar-refractivity contribution in [3.05, 3.63) is 24.0 Å². The summed E-state index contributed by atoms with van der Waals surface area (Å²) >= 11 is 0. The Kier molecular flexibility index (Phi) is 4.47. The summed E-state index contributed by atoms with van der Waals surface area (Å²) in [4.78, 5) is 4.37. The quantitative estimate of drug-likeness (QED) is 0.850. The van der Waals surface area contributed by atoms with E-state index < -0.39 is 5.60 Å². The second kappa shape index (κ2) is 6.13. The minimum absolute atomic E-state index is 0.0631. The standard InChI is InChI=1S/C15H20N2O4/c1-4-15(5-2,20-6-3)14-16-13(21-17-14)10-7-11(18)9-12(19)8-10/h7-9,18-19H,4-6H2,1-3H3. The van der Waals surface area contributed by atoms with Gasteiger partial charge in [-0.2, -0.15) is 4.98 Å². The summed E-state index contributed by atoms with van der Waals surface area (Å²) in [6, 6.07) is 4.15. The molecule has 0 amide bonds. The highest BCUT2D eigenvalue weighted by molar-refractivity contribution is 5.58. The van der Waals surface area contributed by atoms with E-state index in [1.807, 2.05) is 20.8 Å². The molecule has 0 saturated carbocycles. The maximum Gasteiger partial charge on any atom is 0.258 e. The third-order valence-corrected chi connectivity index (χ3v) is 3.55. The van der Waals surface area contributed by atoms with Crippen molar-refractivity contribution < 1.29 is 19.5 Å². The van der Waals surface area contributed by atoms with Gasteiger partial charge in [0.1, 0.15) is 17.1 Å². The Hall–Kier alpha value is -2.08. The third-order valence-electron chi connectivity index (χ3n) is 3.55. The molecule has 6 heteroatoms. The fourth-order valence-electron chi connectivity index (χ4n) is 2.36. The van der Waals surface area contributed by atoms with Gasteiger partial charge in [-0.3, -0.25) is 0 Å². The molecular formula is C15H20N2O4. The number of phenols is 2. The van der Waals surface area contributed by atoms with Crippen LogP contribution in [0.3, 0.4) is 0 Å². The number of ether oxygens (including phenoxy) is 1. The van der Waals surface area contributed by atoms with Gasteiger partial charge in [0.25, 0.3) is 5.89 Å². The summed E-state index contributed by atoms with van der Waals surface area (Å²) < 4.78 is 11.1. The molecule has 0 radical (unpaired) electrons. The van der Waals surface area contributed by atoms with E-state index in [1.54, 1.807) is 0 Å². The van der Waals surface area contributed by atoms with E-state index in [0.717, 1.165) is 12.8 Å². The molecule has 0 aliphatic carbocycles. The Bertz CT molecular complexity index is 585. The van der Waals surface area contributed by atoms with E-state index in [2.05, 4.69) is 10.1 Å². The first-order valence-corrected chi connectivity index (χ1v) is 7.06. The monoisotopic (exact) mass is 292 g/mol. The van der Waals surface area contributed by atoms with Crippen molar-refractivity contribution >= 4 is 0 Å². The normalized spacial score (nSPS) is 11.8. The Labute approximate surface area is 123 Å². The largest absolute Gasteiger partial charge is 0.508 e. The van der Waals surface area contributed by atoms with E-state index in [4.69, 9.17) is 9.26 Å². The predicted molar refractivity (Wildman–Crippen MR) is 76.9 cm³/mol. The van der Waals surface area contributed by atoms with Gasteiger partial charge in [0, 0.05) is 18.2 Å². The Morgan fingerprint density at radius 2 is 1.71 bits per heavy atom. The van der Waals surface area contributed by atoms with Gasteiger partial charge in [-0.05, 0) is 31.9 Å². The van der Waals surface area contributed by atoms with Crippen LogP contribution in [0.5, 0.6) is 11.5 Å². The van der Waals surface area contributed by atoms with Crippen molar-refractivity contribution in [2.75, 3.05) is 6.61 Å². The average Bonchev–Trinajstić information content (AvgIpc) is 2.94. The van der Waals surface area contributed by atoms with E-state index in [9.17, 15) is 10.2 Å². The molecule has 1 aromatic carbocycles. The van der Waals surface area contributed by atoms with Gasteiger partial charge in [-0.1, -0.05) is 19.0 Å². The second-order valence-electron chi connectivity index (χ2n) is 4.80. The molecule has 21 heavy (non-hydrogen) atoms. The average molecular weight is 292 g/mol. The van der Waals surface area contributed by atoms with Crippen LogP contribution in [0, 0.1) is 0 Å². The number of hydrogen-bond acceptors (Lipinski definition) is 6. The molecule has 1 heterocycles. The highest BCUT2D eigenvalue weighted by Gasteiger charge is 2.34. The second-order valence-corrected chi connectivity index (χ2v) is 4.80. The summed E-state index contributed by atoms with van der Waals surface area (Å²) in [5.41, 5.74) is -0.112. The zero-order chi connectivity index (χ0) is 15.5. The van der Waals surface area contributed by atoms with Crippen LogP contribution >= 0.6 is 0 Å². The number of rotatable bonds is 6. The molecule has 2 rings (SSSR count). The number of nitrogens with zero attached hydrogens (tertiary/aromatic N) is 2. The molecular weight excluding hydrogens is 272 g/mol. The van der Waals surface area contributed by atoms with E-state index in [1.165, 1.54) is 18.2 Å². The Balaban J connectivity index is 2.40. The third kappa shape index (κ3) is 3.00. The zero-order valence-electron chi connectivity index (χ0n) is 12.5. The molecule has 2 N–H and O–H groups in total. The van der Waals surface area contributed by atoms with Crippen LogP contribution in [0.4, 0.5) is 0 Å². The maximum absolute atomic E-state index is 9.52. The number of aromatic nitrogens is 2. The number of hydrogen-bond donors (Lipinski definition) is 2. The number of phenolic OH excluding ortho intramolecular Hbond substituents is 2. The van der Waals surface area contributed by atoms with E-state index in [-0.39, 0.29) is 17.4 Å². The van der Waals surface area contributed by atoms with Crippen molar-refractivity contribution in [3.8, 4) is 23.0 Å². The van der Waals surface area contributed by atoms with E-state index in [0.29, 0.717) is 18.0 Å². The molecule has 0 saturated heterocycles. The molecule has 114 valence electrons. The van der Waals surface area contributed by atoms with Crippen LogP contribution < -0.4 is 0 Å². The van der Waals surface area contributed by atoms with Crippen LogP contribution in [0.15, 0.2) is 22.7 Å². The molecule has 0 bridgehead atoms. The lowest BCUT2D eigenvalue weighted by molar-refractivity contribution is -0.0583. The number of benzene rings is 1. The SMILES string of the molecule is CCOC(CC)(CC)c1noc(-c2cc(O)cc(O)c2)n1.